The van der Waals surface area contributed by atoms with Crippen LogP contribution in [0.25, 0.3) is 5.53 Å². The first kappa shape index (κ1) is 20.4. The monoisotopic (exact) mass is 412 g/mol. The van der Waals surface area contributed by atoms with E-state index in [4.69, 9.17) is 5.53 Å². The van der Waals surface area contributed by atoms with E-state index in [0.717, 1.165) is 30.7 Å². The van der Waals surface area contributed by atoms with Crippen molar-refractivity contribution in [2.24, 2.45) is 0 Å². The van der Waals surface area contributed by atoms with E-state index in [1.165, 1.54) is 0 Å². The average Bonchev–Trinajstić information content (AvgIpc) is 2.54. The van der Waals surface area contributed by atoms with Crippen LogP contribution >= 0.6 is 0 Å². The third kappa shape index (κ3) is 4.25. The van der Waals surface area contributed by atoms with E-state index < -0.39 is 46.3 Å². The number of ether oxygens (including phenoxy) is 1. The fourth-order valence-electron chi connectivity index (χ4n) is 2.76. The van der Waals surface area contributed by atoms with E-state index in [-0.39, 0.29) is 12.8 Å². The molecule has 0 N–H and O–H groups in total. The molecule has 1 aromatic carbocycles. The lowest BCUT2D eigenvalue weighted by Crippen LogP contribution is -2.36. The standard InChI is InChI=1S/C14H15F3N2O5S2/c15-14(16,17)24-11-8-4-5-9-12(11)26(22,23)13(19-18)25(20,21)10-6-2-1-3-7-10/h4-5,8-10H,1-3,6-7H2. The second-order valence-corrected chi connectivity index (χ2v) is 9.90. The van der Waals surface area contributed by atoms with Crippen molar-refractivity contribution in [3.63, 3.8) is 0 Å². The molecule has 0 amide bonds. The fraction of sp³-hybridized carbons (Fsp3) is 0.500. The minimum absolute atomic E-state index is 0.178. The number of benzene rings is 1. The van der Waals surface area contributed by atoms with E-state index in [2.05, 4.69) is 9.53 Å². The average molecular weight is 412 g/mol. The van der Waals surface area contributed by atoms with Gasteiger partial charge in [0.2, 0.25) is 0 Å². The van der Waals surface area contributed by atoms with Gasteiger partial charge in [0.15, 0.2) is 0 Å². The van der Waals surface area contributed by atoms with Gasteiger partial charge in [0.05, 0.1) is 5.25 Å². The third-order valence-electron chi connectivity index (χ3n) is 3.91. The summed E-state index contributed by atoms with van der Waals surface area (Å²) in [6.45, 7) is 0. The number of alkyl halides is 3. The van der Waals surface area contributed by atoms with Gasteiger partial charge in [-0.05, 0) is 25.0 Å². The van der Waals surface area contributed by atoms with Crippen LogP contribution in [0.4, 0.5) is 13.2 Å². The van der Waals surface area contributed by atoms with Gasteiger partial charge in [-0.1, -0.05) is 31.4 Å². The number of nitrogens with zero attached hydrogens (tertiary/aromatic N) is 2. The first-order valence-electron chi connectivity index (χ1n) is 7.56. The number of para-hydroxylation sites is 1. The lowest BCUT2D eigenvalue weighted by molar-refractivity contribution is -0.275. The van der Waals surface area contributed by atoms with Crippen LogP contribution in [0, 0.1) is 0 Å². The zero-order chi connectivity index (χ0) is 19.6. The third-order valence-corrected chi connectivity index (χ3v) is 8.64. The maximum Gasteiger partial charge on any atom is 0.573 e. The number of hydrogen-bond acceptors (Lipinski definition) is 5. The van der Waals surface area contributed by atoms with E-state index in [1.54, 1.807) is 0 Å². The predicted molar refractivity (Wildman–Crippen MR) is 84.7 cm³/mol. The summed E-state index contributed by atoms with van der Waals surface area (Å²) in [6, 6.07) is 3.66. The molecule has 1 aliphatic rings. The predicted octanol–water partition coefficient (Wildman–Crippen LogP) is 2.69. The summed E-state index contributed by atoms with van der Waals surface area (Å²) in [6.07, 6.45) is -2.95. The Bertz CT molecular complexity index is 930. The Morgan fingerprint density at radius 2 is 1.65 bits per heavy atom. The van der Waals surface area contributed by atoms with Crippen molar-refractivity contribution in [3.05, 3.63) is 29.8 Å². The maximum atomic E-state index is 12.6. The number of rotatable bonds is 3. The Hall–Kier alpha value is -1.91. The Labute approximate surface area is 148 Å². The van der Waals surface area contributed by atoms with Gasteiger partial charge in [-0.2, -0.15) is 0 Å². The maximum absolute atomic E-state index is 12.6. The van der Waals surface area contributed by atoms with Gasteiger partial charge in [0.25, 0.3) is 19.7 Å². The molecule has 0 aromatic heterocycles. The largest absolute Gasteiger partial charge is 0.573 e. The highest BCUT2D eigenvalue weighted by Crippen LogP contribution is 2.33. The summed E-state index contributed by atoms with van der Waals surface area (Å²) >= 11 is 0. The molecule has 26 heavy (non-hydrogen) atoms. The summed E-state index contributed by atoms with van der Waals surface area (Å²) in [5.41, 5.74) is 9.08. The highest BCUT2D eigenvalue weighted by atomic mass is 32.3. The summed E-state index contributed by atoms with van der Waals surface area (Å²) < 4.78 is 90.1. The molecule has 0 heterocycles. The van der Waals surface area contributed by atoms with Crippen LogP contribution in [-0.4, -0.2) is 37.6 Å². The summed E-state index contributed by atoms with van der Waals surface area (Å²) in [4.78, 5) is 1.37. The second-order valence-electron chi connectivity index (χ2n) is 5.67. The molecule has 1 aliphatic carbocycles. The van der Waals surface area contributed by atoms with Crippen LogP contribution in [0.1, 0.15) is 32.1 Å². The summed E-state index contributed by atoms with van der Waals surface area (Å²) in [5.74, 6) is -1.11. The molecule has 0 saturated heterocycles. The number of hydrogen-bond donors (Lipinski definition) is 0. The van der Waals surface area contributed by atoms with E-state index in [0.29, 0.717) is 12.8 Å². The first-order chi connectivity index (χ1) is 12.0. The summed E-state index contributed by atoms with van der Waals surface area (Å²) in [5, 5.41) is -1.08. The van der Waals surface area contributed by atoms with Crippen LogP contribution in [-0.2, 0) is 19.7 Å². The quantitative estimate of drug-likeness (QED) is 0.328. The molecule has 0 bridgehead atoms. The molecule has 1 saturated carbocycles. The minimum atomic E-state index is -5.19. The smallest absolute Gasteiger partial charge is 0.404 e. The van der Waals surface area contributed by atoms with Gasteiger partial charge in [0, 0.05) is 0 Å². The zero-order valence-corrected chi connectivity index (χ0v) is 14.9. The highest BCUT2D eigenvalue weighted by molar-refractivity contribution is 8.31. The molecule has 0 aliphatic heterocycles. The molecule has 12 heteroatoms. The Balaban J connectivity index is 2.54. The van der Waals surface area contributed by atoms with Crippen molar-refractivity contribution in [2.75, 3.05) is 0 Å². The van der Waals surface area contributed by atoms with Crippen LogP contribution in [0.15, 0.2) is 29.2 Å². The minimum Gasteiger partial charge on any atom is -0.404 e. The van der Waals surface area contributed by atoms with Gasteiger partial charge < -0.3 is 10.3 Å². The zero-order valence-electron chi connectivity index (χ0n) is 13.3. The Morgan fingerprint density at radius 3 is 2.19 bits per heavy atom. The van der Waals surface area contributed by atoms with Crippen molar-refractivity contribution < 1.29 is 39.5 Å². The number of halogens is 3. The molecule has 0 atom stereocenters. The van der Waals surface area contributed by atoms with Gasteiger partial charge in [-0.15, -0.1) is 18.0 Å². The number of sulfone groups is 2. The molecular weight excluding hydrogens is 397 g/mol. The normalized spacial score (nSPS) is 16.7. The van der Waals surface area contributed by atoms with Crippen LogP contribution < -0.4 is 4.74 Å². The second kappa shape index (κ2) is 7.37. The Morgan fingerprint density at radius 1 is 1.08 bits per heavy atom. The SMILES string of the molecule is [N-]=[N+]=C(S(=O)(=O)c1ccccc1OC(F)(F)F)S(=O)(=O)C1CCCCC1. The Kier molecular flexibility index (Phi) is 5.79. The first-order valence-corrected chi connectivity index (χ1v) is 10.6. The van der Waals surface area contributed by atoms with Crippen molar-refractivity contribution in [2.45, 2.75) is 48.6 Å². The van der Waals surface area contributed by atoms with Crippen LogP contribution in [0.5, 0.6) is 5.75 Å². The van der Waals surface area contributed by atoms with Crippen LogP contribution in [0.2, 0.25) is 0 Å². The molecule has 144 valence electrons. The van der Waals surface area contributed by atoms with Crippen molar-refractivity contribution in [3.8, 4) is 5.75 Å². The molecule has 2 rings (SSSR count). The molecule has 0 spiro atoms. The van der Waals surface area contributed by atoms with Gasteiger partial charge in [0.1, 0.15) is 10.6 Å². The summed E-state index contributed by atoms with van der Waals surface area (Å²) in [7, 11) is -9.64. The lowest BCUT2D eigenvalue weighted by Gasteiger charge is -2.19. The topological polar surface area (TPSA) is 114 Å². The molecule has 0 unspecified atom stereocenters. The van der Waals surface area contributed by atoms with Crippen molar-refractivity contribution in [1.29, 1.82) is 0 Å². The molecule has 1 fully saturated rings. The lowest BCUT2D eigenvalue weighted by atomic mass is 10.0. The van der Waals surface area contributed by atoms with Crippen LogP contribution in [0.3, 0.4) is 0 Å². The van der Waals surface area contributed by atoms with E-state index >= 15 is 0 Å². The molecule has 1 aromatic rings. The van der Waals surface area contributed by atoms with Gasteiger partial charge in [-0.25, -0.2) is 16.8 Å². The van der Waals surface area contributed by atoms with E-state index in [9.17, 15) is 30.0 Å². The van der Waals surface area contributed by atoms with Crippen molar-refractivity contribution >= 4 is 24.1 Å². The van der Waals surface area contributed by atoms with Gasteiger partial charge in [-0.3, -0.25) is 0 Å². The van der Waals surface area contributed by atoms with Crippen molar-refractivity contribution in [1.82, 2.24) is 0 Å². The highest BCUT2D eigenvalue weighted by Gasteiger charge is 2.49. The van der Waals surface area contributed by atoms with E-state index in [1.807, 2.05) is 0 Å². The van der Waals surface area contributed by atoms with Gasteiger partial charge >= 0.3 is 10.7 Å². The molecule has 0 radical (unpaired) electrons. The molecular formula is C14H15F3N2O5S2. The molecule has 7 nitrogen and oxygen atoms in total. The fourth-order valence-corrected chi connectivity index (χ4v) is 6.94.